The third-order valence-corrected chi connectivity index (χ3v) is 5.69. The summed E-state index contributed by atoms with van der Waals surface area (Å²) in [5, 5.41) is 0. The summed E-state index contributed by atoms with van der Waals surface area (Å²) in [6, 6.07) is 0. The van der Waals surface area contributed by atoms with Gasteiger partial charge < -0.3 is 0 Å². The van der Waals surface area contributed by atoms with Gasteiger partial charge in [-0.2, -0.15) is 4.21 Å². The van der Waals surface area contributed by atoms with Gasteiger partial charge in [0, 0.05) is 0 Å². The van der Waals surface area contributed by atoms with Gasteiger partial charge in [-0.1, -0.05) is 38.5 Å². The maximum atomic E-state index is 11.6. The first kappa shape index (κ1) is 13.1. The first-order chi connectivity index (χ1) is 8.84. The molecule has 0 amide bonds. The topological polar surface area (TPSA) is 35.5 Å². The first-order valence-corrected chi connectivity index (χ1v) is 8.60. The van der Waals surface area contributed by atoms with E-state index in [1.807, 2.05) is 0 Å². The second-order valence-corrected chi connectivity index (χ2v) is 6.92. The molecule has 2 atom stereocenters. The van der Waals surface area contributed by atoms with Crippen LogP contribution < -0.4 is 0 Å². The Morgan fingerprint density at radius 2 is 1.06 bits per heavy atom. The SMILES string of the molecule is O=S1O[C@H](C2CCCCC2)[C@@H](C2CCCCC2)O1. The third kappa shape index (κ3) is 2.81. The zero-order chi connectivity index (χ0) is 12.4. The summed E-state index contributed by atoms with van der Waals surface area (Å²) in [7, 11) is 0. The lowest BCUT2D eigenvalue weighted by Gasteiger charge is -2.33. The number of hydrogen-bond acceptors (Lipinski definition) is 3. The predicted octanol–water partition coefficient (Wildman–Crippen LogP) is 3.51. The second kappa shape index (κ2) is 6.02. The average Bonchev–Trinajstić information content (AvgIpc) is 2.83. The molecule has 0 unspecified atom stereocenters. The smallest absolute Gasteiger partial charge is 0.262 e. The van der Waals surface area contributed by atoms with Gasteiger partial charge in [-0.3, -0.25) is 8.37 Å². The van der Waals surface area contributed by atoms with E-state index in [-0.39, 0.29) is 12.2 Å². The van der Waals surface area contributed by atoms with Crippen molar-refractivity contribution in [1.82, 2.24) is 0 Å². The molecule has 0 aromatic carbocycles. The maximum Gasteiger partial charge on any atom is 0.305 e. The molecule has 2 aliphatic carbocycles. The van der Waals surface area contributed by atoms with Crippen LogP contribution in [-0.2, 0) is 19.7 Å². The molecule has 18 heavy (non-hydrogen) atoms. The summed E-state index contributed by atoms with van der Waals surface area (Å²) < 4.78 is 22.8. The number of hydrogen-bond donors (Lipinski definition) is 0. The first-order valence-electron chi connectivity index (χ1n) is 7.60. The van der Waals surface area contributed by atoms with Crippen molar-refractivity contribution in [1.29, 1.82) is 0 Å². The van der Waals surface area contributed by atoms with Crippen molar-refractivity contribution in [2.45, 2.75) is 76.4 Å². The summed E-state index contributed by atoms with van der Waals surface area (Å²) >= 11 is -1.49. The lowest BCUT2D eigenvalue weighted by molar-refractivity contribution is 0.0324. The van der Waals surface area contributed by atoms with E-state index >= 15 is 0 Å². The Balaban J connectivity index is 1.67. The monoisotopic (exact) mass is 272 g/mol. The van der Waals surface area contributed by atoms with Gasteiger partial charge in [0.25, 0.3) is 0 Å². The highest BCUT2D eigenvalue weighted by Gasteiger charge is 2.44. The van der Waals surface area contributed by atoms with E-state index in [0.717, 1.165) is 0 Å². The van der Waals surface area contributed by atoms with Crippen molar-refractivity contribution in [3.05, 3.63) is 0 Å². The zero-order valence-corrected chi connectivity index (χ0v) is 11.8. The van der Waals surface area contributed by atoms with Crippen LogP contribution in [0.2, 0.25) is 0 Å². The molecule has 1 aliphatic heterocycles. The van der Waals surface area contributed by atoms with E-state index in [9.17, 15) is 4.21 Å². The molecule has 3 nitrogen and oxygen atoms in total. The van der Waals surface area contributed by atoms with Crippen molar-refractivity contribution in [3.8, 4) is 0 Å². The van der Waals surface area contributed by atoms with Gasteiger partial charge in [-0.25, -0.2) is 0 Å². The van der Waals surface area contributed by atoms with E-state index < -0.39 is 11.4 Å². The summed E-state index contributed by atoms with van der Waals surface area (Å²) in [6.45, 7) is 0. The Morgan fingerprint density at radius 1 is 0.667 bits per heavy atom. The fourth-order valence-electron chi connectivity index (χ4n) is 3.93. The fraction of sp³-hybridized carbons (Fsp3) is 1.00. The summed E-state index contributed by atoms with van der Waals surface area (Å²) in [4.78, 5) is 0. The third-order valence-electron chi connectivity index (χ3n) is 4.93. The van der Waals surface area contributed by atoms with Crippen molar-refractivity contribution < 1.29 is 12.6 Å². The van der Waals surface area contributed by atoms with Crippen LogP contribution in [-0.4, -0.2) is 16.4 Å². The normalized spacial score (nSPS) is 37.1. The van der Waals surface area contributed by atoms with Crippen LogP contribution in [0.25, 0.3) is 0 Å². The van der Waals surface area contributed by atoms with Crippen molar-refractivity contribution >= 4 is 11.4 Å². The molecule has 3 aliphatic rings. The molecule has 1 saturated heterocycles. The Kier molecular flexibility index (Phi) is 4.37. The molecular weight excluding hydrogens is 248 g/mol. The predicted molar refractivity (Wildman–Crippen MR) is 71.0 cm³/mol. The zero-order valence-electron chi connectivity index (χ0n) is 11.0. The summed E-state index contributed by atoms with van der Waals surface area (Å²) in [6.07, 6.45) is 13.0. The Morgan fingerprint density at radius 3 is 1.44 bits per heavy atom. The van der Waals surface area contributed by atoms with Gasteiger partial charge in [-0.15, -0.1) is 0 Å². The highest BCUT2D eigenvalue weighted by atomic mass is 32.2. The van der Waals surface area contributed by atoms with Gasteiger partial charge in [0.05, 0.1) is 0 Å². The van der Waals surface area contributed by atoms with Gasteiger partial charge in [-0.05, 0) is 37.5 Å². The minimum absolute atomic E-state index is 0.106. The molecule has 0 radical (unpaired) electrons. The fourth-order valence-corrected chi connectivity index (χ4v) is 4.87. The van der Waals surface area contributed by atoms with Crippen molar-refractivity contribution in [3.63, 3.8) is 0 Å². The van der Waals surface area contributed by atoms with Crippen LogP contribution >= 0.6 is 0 Å². The van der Waals surface area contributed by atoms with Crippen molar-refractivity contribution in [2.24, 2.45) is 11.8 Å². The quantitative estimate of drug-likeness (QED) is 0.771. The molecule has 0 bridgehead atoms. The molecule has 2 saturated carbocycles. The van der Waals surface area contributed by atoms with Crippen LogP contribution in [0, 0.1) is 11.8 Å². The van der Waals surface area contributed by atoms with Gasteiger partial charge in [0.1, 0.15) is 12.2 Å². The van der Waals surface area contributed by atoms with Gasteiger partial charge >= 0.3 is 11.4 Å². The van der Waals surface area contributed by atoms with E-state index in [4.69, 9.17) is 8.37 Å². The Labute approximate surface area is 112 Å². The maximum absolute atomic E-state index is 11.6. The lowest BCUT2D eigenvalue weighted by atomic mass is 9.77. The second-order valence-electron chi connectivity index (χ2n) is 6.12. The molecule has 0 aromatic heterocycles. The highest BCUT2D eigenvalue weighted by molar-refractivity contribution is 7.75. The molecule has 4 heteroatoms. The minimum Gasteiger partial charge on any atom is -0.262 e. The van der Waals surface area contributed by atoms with Crippen LogP contribution in [0.15, 0.2) is 0 Å². The van der Waals surface area contributed by atoms with Crippen LogP contribution in [0.3, 0.4) is 0 Å². The van der Waals surface area contributed by atoms with E-state index in [1.54, 1.807) is 0 Å². The molecule has 1 heterocycles. The molecule has 3 fully saturated rings. The van der Waals surface area contributed by atoms with E-state index in [1.165, 1.54) is 64.2 Å². The Bertz CT molecular complexity index is 267. The van der Waals surface area contributed by atoms with Gasteiger partial charge in [0.15, 0.2) is 0 Å². The van der Waals surface area contributed by atoms with Gasteiger partial charge in [0.2, 0.25) is 0 Å². The molecule has 0 aromatic rings. The Hall–Kier alpha value is 0.0700. The van der Waals surface area contributed by atoms with Crippen LogP contribution in [0.1, 0.15) is 64.2 Å². The van der Waals surface area contributed by atoms with Crippen molar-refractivity contribution in [2.75, 3.05) is 0 Å². The molecule has 0 N–H and O–H groups in total. The van der Waals surface area contributed by atoms with Crippen LogP contribution in [0.5, 0.6) is 0 Å². The summed E-state index contributed by atoms with van der Waals surface area (Å²) in [5.74, 6) is 1.16. The lowest BCUT2D eigenvalue weighted by Crippen LogP contribution is -2.38. The van der Waals surface area contributed by atoms with Crippen LogP contribution in [0.4, 0.5) is 0 Å². The van der Waals surface area contributed by atoms with E-state index in [0.29, 0.717) is 11.8 Å². The van der Waals surface area contributed by atoms with E-state index in [2.05, 4.69) is 0 Å². The molecule has 0 spiro atoms. The average molecular weight is 272 g/mol. The molecule has 3 rings (SSSR count). The largest absolute Gasteiger partial charge is 0.305 e. The highest BCUT2D eigenvalue weighted by Crippen LogP contribution is 2.40. The number of rotatable bonds is 2. The standard InChI is InChI=1S/C14H24O3S/c15-18-16-13(11-7-3-1-4-8-11)14(17-18)12-9-5-2-6-10-12/h11-14H,1-10H2/t13-,14-/m1/s1. The minimum atomic E-state index is -1.49. The molecule has 104 valence electrons. The molecular formula is C14H24O3S. The summed E-state index contributed by atoms with van der Waals surface area (Å²) in [5.41, 5.74) is 0.